The molecule has 0 saturated carbocycles. The highest BCUT2D eigenvalue weighted by Crippen LogP contribution is 2.22. The lowest BCUT2D eigenvalue weighted by molar-refractivity contribution is -0.137. The Morgan fingerprint density at radius 3 is 2.41 bits per heavy atom. The van der Waals surface area contributed by atoms with Crippen molar-refractivity contribution in [2.45, 2.75) is 6.42 Å². The zero-order chi connectivity index (χ0) is 20.5. The van der Waals surface area contributed by atoms with E-state index in [-0.39, 0.29) is 0 Å². The van der Waals surface area contributed by atoms with Gasteiger partial charge in [0.2, 0.25) is 0 Å². The van der Waals surface area contributed by atoms with Crippen LogP contribution in [0.5, 0.6) is 5.75 Å². The predicted octanol–water partition coefficient (Wildman–Crippen LogP) is 5.10. The van der Waals surface area contributed by atoms with E-state index in [1.165, 1.54) is 0 Å². The molecule has 0 spiro atoms. The number of carbonyl (C=O) groups is 1. The van der Waals surface area contributed by atoms with Crippen molar-refractivity contribution in [3.05, 3.63) is 84.4 Å². The van der Waals surface area contributed by atoms with Crippen LogP contribution in [-0.2, 0) is 22.0 Å². The van der Waals surface area contributed by atoms with Crippen LogP contribution >= 0.6 is 0 Å². The Morgan fingerprint density at radius 1 is 0.966 bits per heavy atom. The average molecular weight is 401 g/mol. The lowest BCUT2D eigenvalue weighted by Gasteiger charge is -2.08. The van der Waals surface area contributed by atoms with Gasteiger partial charge in [0.05, 0.1) is 18.9 Å². The van der Waals surface area contributed by atoms with E-state index in [9.17, 15) is 4.79 Å². The Bertz CT molecular complexity index is 1090. The van der Waals surface area contributed by atoms with Crippen molar-refractivity contribution in [3.8, 4) is 17.6 Å². The molecule has 0 amide bonds. The summed E-state index contributed by atoms with van der Waals surface area (Å²) >= 11 is 4.66. The maximum absolute atomic E-state index is 11.0. The fraction of sp³-hybridized carbons (Fsp3) is 0.125. The van der Waals surface area contributed by atoms with Crippen molar-refractivity contribution < 1.29 is 14.3 Å². The first kappa shape index (κ1) is 20.2. The summed E-state index contributed by atoms with van der Waals surface area (Å²) in [5.41, 5.74) is 2.61. The smallest absolute Gasteiger partial charge is 0.330 e. The topological polar surface area (TPSA) is 47.9 Å². The van der Waals surface area contributed by atoms with Gasteiger partial charge in [0.1, 0.15) is 5.75 Å². The number of rotatable bonds is 7. The molecule has 0 heterocycles. The van der Waals surface area contributed by atoms with Crippen LogP contribution in [0.2, 0.25) is 0 Å². The maximum Gasteiger partial charge on any atom is 0.330 e. The number of nitrogens with zero attached hydrogens (tertiary/aromatic N) is 1. The van der Waals surface area contributed by atoms with Gasteiger partial charge in [0.25, 0.3) is 0 Å². The maximum atomic E-state index is 11.0. The number of hydrogen-bond donors (Lipinski definition) is 0. The van der Waals surface area contributed by atoms with Crippen LogP contribution in [0.25, 0.3) is 10.8 Å². The van der Waals surface area contributed by atoms with E-state index in [1.807, 2.05) is 60.7 Å². The number of fused-ring (bicyclic) bond motifs is 1. The van der Waals surface area contributed by atoms with Gasteiger partial charge < -0.3 is 9.47 Å². The summed E-state index contributed by atoms with van der Waals surface area (Å²) in [6, 6.07) is 19.5. The highest BCUT2D eigenvalue weighted by Gasteiger charge is 2.00. The summed E-state index contributed by atoms with van der Waals surface area (Å²) in [7, 11) is 0. The molecule has 3 aromatic carbocycles. The predicted molar refractivity (Wildman–Crippen MR) is 117 cm³/mol. The largest absolute Gasteiger partial charge is 0.493 e. The van der Waals surface area contributed by atoms with E-state index in [4.69, 9.17) is 9.47 Å². The quantitative estimate of drug-likeness (QED) is 0.239. The number of benzene rings is 3. The van der Waals surface area contributed by atoms with Crippen LogP contribution in [-0.4, -0.2) is 19.2 Å². The fourth-order valence-corrected chi connectivity index (χ4v) is 2.74. The van der Waals surface area contributed by atoms with Gasteiger partial charge in [-0.3, -0.25) is 0 Å². The monoisotopic (exact) mass is 401 g/mol. The van der Waals surface area contributed by atoms with Gasteiger partial charge in [-0.1, -0.05) is 30.6 Å². The van der Waals surface area contributed by atoms with Gasteiger partial charge in [-0.25, -0.2) is 4.79 Å². The Kier molecular flexibility index (Phi) is 7.10. The third kappa shape index (κ3) is 6.00. The Balaban J connectivity index is 1.61. The summed E-state index contributed by atoms with van der Waals surface area (Å²) in [5, 5.41) is 2.16. The van der Waals surface area contributed by atoms with Crippen molar-refractivity contribution in [1.29, 1.82) is 0 Å². The highest BCUT2D eigenvalue weighted by molar-refractivity contribution is 7.47. The molecule has 0 N–H and O–H groups in total. The third-order valence-corrected chi connectivity index (χ3v) is 4.31. The molecule has 4 nitrogen and oxygen atoms in total. The molecule has 0 radical (unpaired) electrons. The molecule has 0 aromatic heterocycles. The molecule has 144 valence electrons. The molecule has 0 unspecified atom stereocenters. The third-order valence-electron chi connectivity index (χ3n) is 4.10. The first-order valence-corrected chi connectivity index (χ1v) is 9.46. The number of carbonyl (C=O) groups excluding carboxylic acids is 1. The number of hydrogen-bond acceptors (Lipinski definition) is 5. The highest BCUT2D eigenvalue weighted by atomic mass is 32.1. The number of esters is 1. The molecule has 0 bridgehead atoms. The van der Waals surface area contributed by atoms with Crippen LogP contribution in [0.3, 0.4) is 0 Å². The molecule has 0 saturated heterocycles. The number of ether oxygens (including phenoxy) is 2. The second-order valence-corrected chi connectivity index (χ2v) is 6.37. The molecule has 0 aliphatic rings. The molecular weight excluding hydrogens is 382 g/mol. The lowest BCUT2D eigenvalue weighted by Crippen LogP contribution is -2.06. The van der Waals surface area contributed by atoms with Crippen molar-refractivity contribution in [3.63, 3.8) is 0 Å². The average Bonchev–Trinajstić information content (AvgIpc) is 2.77. The second kappa shape index (κ2) is 10.2. The first-order valence-electron chi connectivity index (χ1n) is 9.09. The first-order chi connectivity index (χ1) is 14.2. The Hall–Kier alpha value is -3.49. The molecule has 0 atom stereocenters. The lowest BCUT2D eigenvalue weighted by atomic mass is 10.1. The zero-order valence-corrected chi connectivity index (χ0v) is 16.6. The van der Waals surface area contributed by atoms with Gasteiger partial charge in [0, 0.05) is 36.0 Å². The van der Waals surface area contributed by atoms with E-state index >= 15 is 0 Å². The van der Waals surface area contributed by atoms with Gasteiger partial charge in [-0.15, -0.1) is 0 Å². The molecule has 3 aromatic rings. The molecule has 5 heteroatoms. The molecule has 0 aliphatic carbocycles. The van der Waals surface area contributed by atoms with E-state index < -0.39 is 5.97 Å². The van der Waals surface area contributed by atoms with Crippen molar-refractivity contribution in [1.82, 2.24) is 0 Å². The van der Waals surface area contributed by atoms with Gasteiger partial charge in [-0.05, 0) is 59.3 Å². The summed E-state index contributed by atoms with van der Waals surface area (Å²) in [6.07, 6.45) is 1.77. The second-order valence-electron chi connectivity index (χ2n) is 6.19. The van der Waals surface area contributed by atoms with Crippen molar-refractivity contribution >= 4 is 34.9 Å². The molecule has 29 heavy (non-hydrogen) atoms. The SMILES string of the molecule is C=CC(=O)OCCCOc1ccc2cc(C#Cc3ccc(N=S)cc3)ccc2c1. The van der Waals surface area contributed by atoms with Crippen LogP contribution in [0.1, 0.15) is 17.5 Å². The standard InChI is InChI=1S/C24H19NO3S/c1-2-24(26)28-15-3-14-27-23-13-10-20-16-19(6-9-21(20)17-23)5-4-18-7-11-22(25-29)12-8-18/h2,6-13,16-17H,1,3,14-15H2. The minimum Gasteiger partial charge on any atom is -0.493 e. The fourth-order valence-electron chi connectivity index (χ4n) is 2.62. The molecule has 0 fully saturated rings. The summed E-state index contributed by atoms with van der Waals surface area (Å²) < 4.78 is 14.4. The molecular formula is C24H19NO3S. The Morgan fingerprint density at radius 2 is 1.66 bits per heavy atom. The molecule has 0 aliphatic heterocycles. The Labute approximate surface area is 175 Å². The summed E-state index contributed by atoms with van der Waals surface area (Å²) in [5.74, 6) is 6.69. The normalized spacial score (nSPS) is 9.93. The van der Waals surface area contributed by atoms with Crippen LogP contribution in [0, 0.1) is 11.8 Å². The van der Waals surface area contributed by atoms with Crippen LogP contribution < -0.4 is 4.74 Å². The van der Waals surface area contributed by atoms with E-state index in [0.29, 0.717) is 19.6 Å². The van der Waals surface area contributed by atoms with E-state index in [0.717, 1.165) is 39.4 Å². The van der Waals surface area contributed by atoms with Gasteiger partial charge in [0.15, 0.2) is 0 Å². The van der Waals surface area contributed by atoms with Crippen LogP contribution in [0.15, 0.2) is 77.7 Å². The van der Waals surface area contributed by atoms with Gasteiger partial charge >= 0.3 is 5.97 Å². The summed E-state index contributed by atoms with van der Waals surface area (Å²) in [4.78, 5) is 11.0. The van der Waals surface area contributed by atoms with Crippen LogP contribution in [0.4, 0.5) is 5.69 Å². The van der Waals surface area contributed by atoms with Crippen molar-refractivity contribution in [2.24, 2.45) is 4.36 Å². The van der Waals surface area contributed by atoms with Crippen molar-refractivity contribution in [2.75, 3.05) is 13.2 Å². The minimum absolute atomic E-state index is 0.311. The van der Waals surface area contributed by atoms with E-state index in [2.05, 4.69) is 35.2 Å². The zero-order valence-electron chi connectivity index (χ0n) is 15.8. The molecule has 3 rings (SSSR count). The summed E-state index contributed by atoms with van der Waals surface area (Å²) in [6.45, 7) is 4.13. The minimum atomic E-state index is -0.418. The van der Waals surface area contributed by atoms with Gasteiger partial charge in [-0.2, -0.15) is 4.36 Å². The van der Waals surface area contributed by atoms with E-state index in [1.54, 1.807) is 0 Å².